The predicted octanol–water partition coefficient (Wildman–Crippen LogP) is 4.59. The number of fused-ring (bicyclic) bond motifs is 1. The first-order chi connectivity index (χ1) is 12.6. The van der Waals surface area contributed by atoms with E-state index >= 15 is 0 Å². The summed E-state index contributed by atoms with van der Waals surface area (Å²) >= 11 is 3.18. The number of carbonyl (C=O) groups excluding carboxylic acids is 1. The molecule has 0 bridgehead atoms. The van der Waals surface area contributed by atoms with Crippen LogP contribution in [-0.2, 0) is 6.42 Å². The lowest BCUT2D eigenvalue weighted by Crippen LogP contribution is -2.10. The van der Waals surface area contributed by atoms with Crippen LogP contribution in [0.1, 0.15) is 23.0 Å². The number of benzene rings is 2. The number of halogens is 1. The zero-order valence-electron chi connectivity index (χ0n) is 13.9. The third-order valence-electron chi connectivity index (χ3n) is 4.01. The second-order valence-corrected chi connectivity index (χ2v) is 6.55. The Kier molecular flexibility index (Phi) is 4.30. The van der Waals surface area contributed by atoms with Crippen LogP contribution < -0.4 is 5.32 Å². The van der Waals surface area contributed by atoms with Crippen molar-refractivity contribution >= 4 is 38.6 Å². The number of nitrogens with one attached hydrogen (secondary N) is 1. The Morgan fingerprint density at radius 1 is 1.08 bits per heavy atom. The molecule has 0 fully saturated rings. The van der Waals surface area contributed by atoms with Crippen LogP contribution >= 0.6 is 15.9 Å². The van der Waals surface area contributed by atoms with Crippen molar-refractivity contribution in [2.24, 2.45) is 0 Å². The molecule has 6 nitrogen and oxygen atoms in total. The van der Waals surface area contributed by atoms with Crippen molar-refractivity contribution in [2.75, 3.05) is 5.32 Å². The molecule has 0 aliphatic carbocycles. The number of carbonyl (C=O) groups is 1. The van der Waals surface area contributed by atoms with E-state index in [1.165, 1.54) is 5.56 Å². The molecule has 0 aliphatic heterocycles. The average Bonchev–Trinajstić information content (AvgIpc) is 3.27. The molecule has 1 amide bonds. The van der Waals surface area contributed by atoms with Gasteiger partial charge >= 0.3 is 0 Å². The van der Waals surface area contributed by atoms with Gasteiger partial charge in [-0.3, -0.25) is 4.79 Å². The Hall–Kier alpha value is -2.93. The highest BCUT2D eigenvalue weighted by atomic mass is 79.9. The molecule has 0 atom stereocenters. The summed E-state index contributed by atoms with van der Waals surface area (Å²) in [6.45, 7) is 2.12. The number of nitrogens with zero attached hydrogens (tertiary/aromatic N) is 3. The standard InChI is InChI=1S/C19H15BrN4O2/c1-2-12-3-6-14(7-4-12)24-22-15-8-5-13(11-16(15)23-24)21-19(25)17-9-10-18(20)26-17/h3-11H,2H2,1H3,(H,21,25). The van der Waals surface area contributed by atoms with Gasteiger partial charge in [-0.1, -0.05) is 19.1 Å². The molecule has 4 aromatic rings. The minimum atomic E-state index is -0.322. The van der Waals surface area contributed by atoms with Crippen LogP contribution in [0.3, 0.4) is 0 Å². The van der Waals surface area contributed by atoms with Crippen molar-refractivity contribution in [3.8, 4) is 5.69 Å². The summed E-state index contributed by atoms with van der Waals surface area (Å²) in [5.74, 6) is -0.0887. The Morgan fingerprint density at radius 3 is 2.54 bits per heavy atom. The van der Waals surface area contributed by atoms with E-state index in [1.54, 1.807) is 29.1 Å². The number of rotatable bonds is 4. The fourth-order valence-electron chi connectivity index (χ4n) is 2.60. The van der Waals surface area contributed by atoms with E-state index in [4.69, 9.17) is 4.42 Å². The normalized spacial score (nSPS) is 11.0. The smallest absolute Gasteiger partial charge is 0.291 e. The van der Waals surface area contributed by atoms with Gasteiger partial charge in [0.25, 0.3) is 5.91 Å². The summed E-state index contributed by atoms with van der Waals surface area (Å²) in [4.78, 5) is 13.8. The molecule has 2 aromatic carbocycles. The molecule has 0 saturated heterocycles. The number of furan rings is 1. The maximum absolute atomic E-state index is 12.2. The summed E-state index contributed by atoms with van der Waals surface area (Å²) in [7, 11) is 0. The lowest BCUT2D eigenvalue weighted by Gasteiger charge is -2.02. The zero-order valence-corrected chi connectivity index (χ0v) is 15.5. The highest BCUT2D eigenvalue weighted by Crippen LogP contribution is 2.20. The van der Waals surface area contributed by atoms with Crippen molar-refractivity contribution in [3.63, 3.8) is 0 Å². The first-order valence-corrected chi connectivity index (χ1v) is 8.95. The molecule has 26 heavy (non-hydrogen) atoms. The lowest BCUT2D eigenvalue weighted by molar-refractivity contribution is 0.0995. The Bertz CT molecular complexity index is 1080. The molecule has 7 heteroatoms. The van der Waals surface area contributed by atoms with Crippen LogP contribution in [0, 0.1) is 0 Å². The van der Waals surface area contributed by atoms with Crippen LogP contribution in [0.25, 0.3) is 16.7 Å². The lowest BCUT2D eigenvalue weighted by atomic mass is 10.2. The molecule has 1 N–H and O–H groups in total. The molecule has 0 radical (unpaired) electrons. The van der Waals surface area contributed by atoms with E-state index in [1.807, 2.05) is 18.2 Å². The largest absolute Gasteiger partial charge is 0.444 e. The minimum absolute atomic E-state index is 0.233. The molecular weight excluding hydrogens is 396 g/mol. The summed E-state index contributed by atoms with van der Waals surface area (Å²) < 4.78 is 5.77. The van der Waals surface area contributed by atoms with E-state index in [2.05, 4.69) is 50.5 Å². The van der Waals surface area contributed by atoms with Crippen LogP contribution in [-0.4, -0.2) is 20.9 Å². The number of aryl methyl sites for hydroxylation is 1. The van der Waals surface area contributed by atoms with Crippen molar-refractivity contribution in [1.82, 2.24) is 15.0 Å². The van der Waals surface area contributed by atoms with Gasteiger partial charge < -0.3 is 9.73 Å². The minimum Gasteiger partial charge on any atom is -0.444 e. The number of anilines is 1. The number of amides is 1. The van der Waals surface area contributed by atoms with Crippen molar-refractivity contribution in [1.29, 1.82) is 0 Å². The summed E-state index contributed by atoms with van der Waals surface area (Å²) in [6.07, 6.45) is 0.990. The second kappa shape index (κ2) is 6.76. The molecule has 0 spiro atoms. The van der Waals surface area contributed by atoms with E-state index in [0.29, 0.717) is 15.9 Å². The molecule has 0 unspecified atom stereocenters. The number of hydrogen-bond acceptors (Lipinski definition) is 4. The van der Waals surface area contributed by atoms with Crippen molar-refractivity contribution in [3.05, 3.63) is 70.6 Å². The third kappa shape index (κ3) is 3.25. The predicted molar refractivity (Wildman–Crippen MR) is 103 cm³/mol. The van der Waals surface area contributed by atoms with E-state index < -0.39 is 0 Å². The van der Waals surface area contributed by atoms with E-state index in [0.717, 1.165) is 17.6 Å². The van der Waals surface area contributed by atoms with Crippen LogP contribution in [0.5, 0.6) is 0 Å². The van der Waals surface area contributed by atoms with Crippen LogP contribution in [0.15, 0.2) is 63.7 Å². The van der Waals surface area contributed by atoms with Gasteiger partial charge in [-0.2, -0.15) is 4.80 Å². The summed E-state index contributed by atoms with van der Waals surface area (Å²) in [5.41, 5.74) is 4.24. The molecular formula is C19H15BrN4O2. The van der Waals surface area contributed by atoms with Gasteiger partial charge in [0.2, 0.25) is 0 Å². The zero-order chi connectivity index (χ0) is 18.1. The highest BCUT2D eigenvalue weighted by molar-refractivity contribution is 9.10. The van der Waals surface area contributed by atoms with Gasteiger partial charge in [0, 0.05) is 5.69 Å². The average molecular weight is 411 g/mol. The van der Waals surface area contributed by atoms with E-state index in [-0.39, 0.29) is 11.7 Å². The van der Waals surface area contributed by atoms with Crippen molar-refractivity contribution < 1.29 is 9.21 Å². The Morgan fingerprint density at radius 2 is 1.85 bits per heavy atom. The summed E-state index contributed by atoms with van der Waals surface area (Å²) in [5, 5.41) is 11.8. The first-order valence-electron chi connectivity index (χ1n) is 8.15. The van der Waals surface area contributed by atoms with Gasteiger partial charge in [-0.25, -0.2) is 0 Å². The quantitative estimate of drug-likeness (QED) is 0.533. The molecule has 130 valence electrons. The second-order valence-electron chi connectivity index (χ2n) is 5.77. The molecule has 4 rings (SSSR count). The maximum Gasteiger partial charge on any atom is 0.291 e. The van der Waals surface area contributed by atoms with Gasteiger partial charge in [0.15, 0.2) is 10.4 Å². The number of hydrogen-bond donors (Lipinski definition) is 1. The highest BCUT2D eigenvalue weighted by Gasteiger charge is 2.12. The Labute approximate surface area is 157 Å². The molecule has 2 aromatic heterocycles. The fraction of sp³-hybridized carbons (Fsp3) is 0.105. The molecule has 0 aliphatic rings. The fourth-order valence-corrected chi connectivity index (χ4v) is 2.91. The van der Waals surface area contributed by atoms with Crippen LogP contribution in [0.4, 0.5) is 5.69 Å². The monoisotopic (exact) mass is 410 g/mol. The molecule has 0 saturated carbocycles. The van der Waals surface area contributed by atoms with Gasteiger partial charge in [-0.15, -0.1) is 10.2 Å². The topological polar surface area (TPSA) is 73.0 Å². The Balaban J connectivity index is 1.60. The van der Waals surface area contributed by atoms with Crippen LogP contribution in [0.2, 0.25) is 0 Å². The van der Waals surface area contributed by atoms with Gasteiger partial charge in [0.05, 0.1) is 5.69 Å². The van der Waals surface area contributed by atoms with Gasteiger partial charge in [-0.05, 0) is 70.4 Å². The first kappa shape index (κ1) is 16.5. The van der Waals surface area contributed by atoms with E-state index in [9.17, 15) is 4.79 Å². The van der Waals surface area contributed by atoms with Gasteiger partial charge in [0.1, 0.15) is 11.0 Å². The summed E-state index contributed by atoms with van der Waals surface area (Å²) in [6, 6.07) is 16.8. The number of aromatic nitrogens is 3. The van der Waals surface area contributed by atoms with Crippen molar-refractivity contribution in [2.45, 2.75) is 13.3 Å². The maximum atomic E-state index is 12.2. The molecule has 2 heterocycles. The third-order valence-corrected chi connectivity index (χ3v) is 4.44. The SMILES string of the molecule is CCc1ccc(-n2nc3ccc(NC(=O)c4ccc(Br)o4)cc3n2)cc1.